The number of aromatic carboxylic acids is 1. The lowest BCUT2D eigenvalue weighted by atomic mass is 9.74. The summed E-state index contributed by atoms with van der Waals surface area (Å²) < 4.78 is 43.1. The van der Waals surface area contributed by atoms with Gasteiger partial charge in [0, 0.05) is 14.1 Å². The number of carbonyl (C=O) groups excluding carboxylic acids is 4. The lowest BCUT2D eigenvalue weighted by Crippen LogP contribution is -2.41. The lowest BCUT2D eigenvalue weighted by molar-refractivity contribution is -0.173. The Morgan fingerprint density at radius 2 is 0.830 bits per heavy atom. The van der Waals surface area contributed by atoms with Crippen LogP contribution in [0, 0.1) is 55.4 Å². The molecule has 4 aromatic rings. The van der Waals surface area contributed by atoms with Crippen molar-refractivity contribution in [2.75, 3.05) is 14.1 Å². The Kier molecular flexibility index (Phi) is 11.0. The van der Waals surface area contributed by atoms with Gasteiger partial charge in [0.05, 0.1) is 27.8 Å². The van der Waals surface area contributed by atoms with Crippen LogP contribution in [0.2, 0.25) is 0 Å². The van der Waals surface area contributed by atoms with Gasteiger partial charge in [-0.15, -0.1) is 0 Å². The fourth-order valence-corrected chi connectivity index (χ4v) is 6.62. The summed E-state index contributed by atoms with van der Waals surface area (Å²) in [6.45, 7) is 18.0. The summed E-state index contributed by atoms with van der Waals surface area (Å²) in [5.74, 6) is -3.40. The van der Waals surface area contributed by atoms with Crippen LogP contribution in [-0.4, -0.2) is 64.8 Å². The van der Waals surface area contributed by atoms with E-state index in [0.717, 1.165) is 52.1 Å². The molecule has 0 aliphatic carbocycles. The van der Waals surface area contributed by atoms with Gasteiger partial charge in [-0.25, -0.2) is 4.79 Å². The SMILES string of the molecule is CN1C(=O)c2ccc(C(C)(c3ccc4c(c3)C(=O)N(C)C4=O)C(F)(F)F)cc2C1=O.Cc1c(C)c(C)c(C)c(C)c1C.Cc1cc(C)cc(C(=O)O)c1. The van der Waals surface area contributed by atoms with Gasteiger partial charge < -0.3 is 5.11 Å². The molecule has 278 valence electrons. The third-order valence-corrected chi connectivity index (χ3v) is 10.7. The number of carboxylic acids is 1. The quantitative estimate of drug-likeness (QED) is 0.212. The number of rotatable bonds is 3. The summed E-state index contributed by atoms with van der Waals surface area (Å²) in [5, 5.41) is 8.63. The highest BCUT2D eigenvalue weighted by molar-refractivity contribution is 6.22. The van der Waals surface area contributed by atoms with E-state index in [4.69, 9.17) is 5.11 Å². The summed E-state index contributed by atoms with van der Waals surface area (Å²) in [6, 6.07) is 12.1. The van der Waals surface area contributed by atoms with Crippen LogP contribution in [0.5, 0.6) is 0 Å². The average Bonchev–Trinajstić information content (AvgIpc) is 3.46. The smallest absolute Gasteiger partial charge is 0.402 e. The number of fused-ring (bicyclic) bond motifs is 2. The van der Waals surface area contributed by atoms with E-state index >= 15 is 0 Å². The van der Waals surface area contributed by atoms with Crippen LogP contribution in [0.25, 0.3) is 0 Å². The Bertz CT molecular complexity index is 2010. The number of aryl methyl sites for hydroxylation is 2. The molecule has 0 saturated heterocycles. The monoisotopic (exact) mass is 728 g/mol. The zero-order valence-corrected chi connectivity index (χ0v) is 31.7. The molecule has 53 heavy (non-hydrogen) atoms. The number of benzene rings is 4. The van der Waals surface area contributed by atoms with Gasteiger partial charge in [0.2, 0.25) is 0 Å². The number of amides is 4. The van der Waals surface area contributed by atoms with E-state index in [1.165, 1.54) is 59.6 Å². The van der Waals surface area contributed by atoms with Gasteiger partial charge in [0.25, 0.3) is 23.6 Å². The number of imide groups is 2. The normalized spacial score (nSPS) is 13.7. The Morgan fingerprint density at radius 3 is 1.11 bits per heavy atom. The minimum Gasteiger partial charge on any atom is -0.478 e. The Balaban J connectivity index is 0.000000223. The van der Waals surface area contributed by atoms with E-state index in [1.807, 2.05) is 19.9 Å². The van der Waals surface area contributed by atoms with Crippen molar-refractivity contribution >= 4 is 29.6 Å². The molecule has 1 N–H and O–H groups in total. The van der Waals surface area contributed by atoms with Crippen LogP contribution in [0.1, 0.15) is 114 Å². The van der Waals surface area contributed by atoms with Crippen molar-refractivity contribution in [3.05, 3.63) is 138 Å². The van der Waals surface area contributed by atoms with Gasteiger partial charge in [-0.2, -0.15) is 13.2 Å². The second-order valence-corrected chi connectivity index (χ2v) is 13.9. The Morgan fingerprint density at radius 1 is 0.528 bits per heavy atom. The van der Waals surface area contributed by atoms with E-state index in [9.17, 15) is 37.1 Å². The molecule has 2 aliphatic rings. The fourth-order valence-electron chi connectivity index (χ4n) is 6.62. The number of nitrogens with zero attached hydrogens (tertiary/aromatic N) is 2. The van der Waals surface area contributed by atoms with E-state index in [1.54, 1.807) is 12.1 Å². The molecule has 4 aromatic carbocycles. The summed E-state index contributed by atoms with van der Waals surface area (Å²) in [4.78, 5) is 60.9. The Hall–Kier alpha value is -5.58. The molecular weight excluding hydrogens is 685 g/mol. The topological polar surface area (TPSA) is 112 Å². The van der Waals surface area contributed by atoms with Crippen molar-refractivity contribution in [3.63, 3.8) is 0 Å². The zero-order valence-electron chi connectivity index (χ0n) is 31.7. The zero-order chi connectivity index (χ0) is 40.1. The van der Waals surface area contributed by atoms with E-state index in [0.29, 0.717) is 5.56 Å². The second-order valence-electron chi connectivity index (χ2n) is 13.9. The number of hydrogen-bond donors (Lipinski definition) is 1. The molecule has 11 heteroatoms. The molecule has 0 spiro atoms. The highest BCUT2D eigenvalue weighted by Crippen LogP contribution is 2.47. The van der Waals surface area contributed by atoms with Gasteiger partial charge >= 0.3 is 12.1 Å². The summed E-state index contributed by atoms with van der Waals surface area (Å²) in [7, 11) is 2.51. The molecule has 0 aromatic heterocycles. The second kappa shape index (κ2) is 14.4. The number of alkyl halides is 3. The molecule has 8 nitrogen and oxygen atoms in total. The summed E-state index contributed by atoms with van der Waals surface area (Å²) in [5.41, 5.74) is 7.82. The largest absolute Gasteiger partial charge is 0.478 e. The molecule has 0 fully saturated rings. The summed E-state index contributed by atoms with van der Waals surface area (Å²) >= 11 is 0. The molecule has 2 heterocycles. The minimum atomic E-state index is -4.80. The molecule has 6 rings (SSSR count). The first-order chi connectivity index (χ1) is 24.4. The standard InChI is InChI=1S/C21H15F3N2O4.C12H18.C9H10O2/c1-20(21(22,23)24,10-4-6-12-14(8-10)18(29)25(2)16(12)27)11-5-7-13-15(9-11)19(30)26(3)17(13)28;1-7-8(2)10(4)12(6)11(5)9(7)3;1-6-3-7(2)5-8(4-6)9(10)11/h4-9H,1-3H3;1-6H3;3-5H,1-2H3,(H,10,11). The fraction of sp³-hybridized carbons (Fsp3) is 0.310. The van der Waals surface area contributed by atoms with Gasteiger partial charge in [0.1, 0.15) is 5.41 Å². The predicted molar refractivity (Wildman–Crippen MR) is 196 cm³/mol. The molecule has 0 unspecified atom stereocenters. The van der Waals surface area contributed by atoms with Gasteiger partial charge in [-0.1, -0.05) is 29.3 Å². The van der Waals surface area contributed by atoms with Crippen molar-refractivity contribution in [2.24, 2.45) is 0 Å². The van der Waals surface area contributed by atoms with Crippen molar-refractivity contribution in [1.29, 1.82) is 0 Å². The molecule has 0 saturated carbocycles. The lowest BCUT2D eigenvalue weighted by Gasteiger charge is -2.33. The van der Waals surface area contributed by atoms with Crippen LogP contribution in [0.3, 0.4) is 0 Å². The van der Waals surface area contributed by atoms with Crippen molar-refractivity contribution in [3.8, 4) is 0 Å². The number of halogens is 3. The van der Waals surface area contributed by atoms with Crippen LogP contribution < -0.4 is 0 Å². The first-order valence-electron chi connectivity index (χ1n) is 16.8. The maximum atomic E-state index is 14.4. The van der Waals surface area contributed by atoms with Crippen LogP contribution >= 0.6 is 0 Å². The molecule has 4 amide bonds. The van der Waals surface area contributed by atoms with Crippen molar-refractivity contribution in [1.82, 2.24) is 9.80 Å². The first-order valence-corrected chi connectivity index (χ1v) is 16.8. The van der Waals surface area contributed by atoms with Gasteiger partial charge in [-0.3, -0.25) is 29.0 Å². The molecule has 2 aliphatic heterocycles. The number of carboxylic acid groups (broad SMARTS) is 1. The van der Waals surface area contributed by atoms with Crippen LogP contribution in [0.15, 0.2) is 54.6 Å². The average molecular weight is 729 g/mol. The van der Waals surface area contributed by atoms with Crippen molar-refractivity contribution < 1.29 is 42.3 Å². The Labute approximate surface area is 307 Å². The number of hydrogen-bond acceptors (Lipinski definition) is 5. The minimum absolute atomic E-state index is 0.0344. The summed E-state index contributed by atoms with van der Waals surface area (Å²) in [6.07, 6.45) is -4.80. The van der Waals surface area contributed by atoms with Crippen LogP contribution in [-0.2, 0) is 5.41 Å². The van der Waals surface area contributed by atoms with E-state index in [2.05, 4.69) is 41.5 Å². The molecule has 0 atom stereocenters. The van der Waals surface area contributed by atoms with Crippen LogP contribution in [0.4, 0.5) is 13.2 Å². The maximum Gasteiger partial charge on any atom is 0.402 e. The molecule has 0 bridgehead atoms. The maximum absolute atomic E-state index is 14.4. The van der Waals surface area contributed by atoms with Gasteiger partial charge in [-0.05, 0) is 143 Å². The highest BCUT2D eigenvalue weighted by atomic mass is 19.4. The molecular formula is C42H43F3N2O6. The predicted octanol–water partition coefficient (Wildman–Crippen LogP) is 8.55. The number of carbonyl (C=O) groups is 5. The van der Waals surface area contributed by atoms with Crippen molar-refractivity contribution in [2.45, 2.75) is 73.9 Å². The first kappa shape index (κ1) is 40.2. The third kappa shape index (κ3) is 7.12. The van der Waals surface area contributed by atoms with E-state index in [-0.39, 0.29) is 33.4 Å². The highest BCUT2D eigenvalue weighted by Gasteiger charge is 2.54. The van der Waals surface area contributed by atoms with Gasteiger partial charge in [0.15, 0.2) is 0 Å². The molecule has 0 radical (unpaired) electrons. The van der Waals surface area contributed by atoms with E-state index < -0.39 is 41.2 Å². The third-order valence-electron chi connectivity index (χ3n) is 10.7.